The average molecular weight is 353 g/mol. The van der Waals surface area contributed by atoms with Crippen molar-refractivity contribution in [1.82, 2.24) is 14.7 Å². The van der Waals surface area contributed by atoms with Crippen molar-refractivity contribution in [3.8, 4) is 0 Å². The molecule has 0 aliphatic carbocycles. The third-order valence-corrected chi connectivity index (χ3v) is 3.56. The average Bonchev–Trinajstić information content (AvgIpc) is 2.87. The maximum absolute atomic E-state index is 12.4. The van der Waals surface area contributed by atoms with Gasteiger partial charge in [-0.15, -0.1) is 0 Å². The number of aromatic nitrogens is 3. The highest BCUT2D eigenvalue weighted by atomic mass is 35.5. The Morgan fingerprint density at radius 1 is 1.35 bits per heavy atom. The van der Waals surface area contributed by atoms with Gasteiger partial charge >= 0.3 is 0 Å². The summed E-state index contributed by atoms with van der Waals surface area (Å²) in [6, 6.07) is 4.54. The molecule has 0 aliphatic heterocycles. The Kier molecular flexibility index (Phi) is 4.06. The summed E-state index contributed by atoms with van der Waals surface area (Å²) in [4.78, 5) is 28.5. The van der Waals surface area contributed by atoms with Crippen molar-refractivity contribution in [1.29, 1.82) is 0 Å². The smallest absolute Gasteiger partial charge is 0.261 e. The molecule has 1 N–H and O–H groups in total. The number of benzene rings is 1. The number of carbonyl (C=O) groups excluding carboxylic acids is 1. The van der Waals surface area contributed by atoms with Gasteiger partial charge in [0.2, 0.25) is 5.91 Å². The van der Waals surface area contributed by atoms with Gasteiger partial charge in [-0.1, -0.05) is 28.4 Å². The first kappa shape index (κ1) is 15.5. The molecular weight excluding hydrogens is 343 g/mol. The molecule has 3 rings (SSSR count). The van der Waals surface area contributed by atoms with Crippen LogP contribution in [0.15, 0.2) is 33.8 Å². The molecule has 23 heavy (non-hydrogen) atoms. The lowest BCUT2D eigenvalue weighted by atomic mass is 10.2. The Labute approximate surface area is 139 Å². The number of hydrogen-bond acceptors (Lipinski definition) is 5. The Bertz CT molecular complexity index is 964. The molecule has 0 aliphatic rings. The third kappa shape index (κ3) is 3.20. The number of fused-ring (bicyclic) bond motifs is 1. The van der Waals surface area contributed by atoms with Crippen molar-refractivity contribution in [2.24, 2.45) is 0 Å². The quantitative estimate of drug-likeness (QED) is 0.782. The van der Waals surface area contributed by atoms with E-state index in [2.05, 4.69) is 15.5 Å². The number of rotatable bonds is 3. The van der Waals surface area contributed by atoms with Crippen molar-refractivity contribution >= 4 is 45.8 Å². The summed E-state index contributed by atoms with van der Waals surface area (Å²) in [5, 5.41) is 7.02. The lowest BCUT2D eigenvalue weighted by Crippen LogP contribution is -2.28. The largest absolute Gasteiger partial charge is 0.360 e. The van der Waals surface area contributed by atoms with Gasteiger partial charge in [-0.25, -0.2) is 4.98 Å². The van der Waals surface area contributed by atoms with Crippen molar-refractivity contribution in [2.75, 3.05) is 5.32 Å². The Balaban J connectivity index is 1.90. The predicted molar refractivity (Wildman–Crippen MR) is 85.9 cm³/mol. The van der Waals surface area contributed by atoms with Crippen molar-refractivity contribution in [3.05, 3.63) is 50.7 Å². The van der Waals surface area contributed by atoms with E-state index in [0.717, 1.165) is 4.57 Å². The zero-order valence-corrected chi connectivity index (χ0v) is 13.4. The van der Waals surface area contributed by atoms with Gasteiger partial charge in [0.25, 0.3) is 5.56 Å². The fraction of sp³-hybridized carbons (Fsp3) is 0.143. The molecule has 2 heterocycles. The first-order chi connectivity index (χ1) is 10.9. The minimum absolute atomic E-state index is 0.224. The zero-order chi connectivity index (χ0) is 16.6. The predicted octanol–water partition coefficient (Wildman–Crippen LogP) is 2.64. The standard InChI is InChI=1S/C14H10Cl2N4O3/c1-7-2-11(19-23-7)18-12(21)5-20-6-17-13-9(14(20)22)3-8(15)4-10(13)16/h2-4,6H,5H2,1H3,(H,18,19,21). The minimum atomic E-state index is -0.435. The van der Waals surface area contributed by atoms with Crippen LogP contribution in [0.2, 0.25) is 10.0 Å². The normalized spacial score (nSPS) is 10.9. The first-order valence-electron chi connectivity index (χ1n) is 6.51. The van der Waals surface area contributed by atoms with Crippen LogP contribution in [0, 0.1) is 6.92 Å². The van der Waals surface area contributed by atoms with Crippen LogP contribution < -0.4 is 10.9 Å². The minimum Gasteiger partial charge on any atom is -0.360 e. The van der Waals surface area contributed by atoms with Crippen LogP contribution in [0.25, 0.3) is 10.9 Å². The second kappa shape index (κ2) is 6.02. The summed E-state index contributed by atoms with van der Waals surface area (Å²) in [6.07, 6.45) is 1.26. The monoisotopic (exact) mass is 352 g/mol. The third-order valence-electron chi connectivity index (χ3n) is 3.06. The number of nitrogens with zero attached hydrogens (tertiary/aromatic N) is 3. The summed E-state index contributed by atoms with van der Waals surface area (Å²) in [5.41, 5.74) is -0.0734. The second-order valence-corrected chi connectivity index (χ2v) is 5.68. The number of anilines is 1. The van der Waals surface area contributed by atoms with E-state index < -0.39 is 11.5 Å². The van der Waals surface area contributed by atoms with Gasteiger partial charge in [-0.2, -0.15) is 0 Å². The summed E-state index contributed by atoms with van der Waals surface area (Å²) in [5.74, 6) is 0.407. The number of carbonyl (C=O) groups is 1. The molecule has 0 atom stereocenters. The molecule has 3 aromatic rings. The lowest BCUT2D eigenvalue weighted by Gasteiger charge is -2.07. The highest BCUT2D eigenvalue weighted by molar-refractivity contribution is 6.38. The summed E-state index contributed by atoms with van der Waals surface area (Å²) in [6.45, 7) is 1.48. The zero-order valence-electron chi connectivity index (χ0n) is 11.8. The highest BCUT2D eigenvalue weighted by Crippen LogP contribution is 2.23. The van der Waals surface area contributed by atoms with Gasteiger partial charge in [-0.3, -0.25) is 14.2 Å². The van der Waals surface area contributed by atoms with Crippen LogP contribution in [0.1, 0.15) is 5.76 Å². The fourth-order valence-electron chi connectivity index (χ4n) is 2.07. The molecule has 1 aromatic carbocycles. The Hall–Kier alpha value is -2.38. The number of amides is 1. The van der Waals surface area contributed by atoms with E-state index in [1.54, 1.807) is 13.0 Å². The molecule has 0 fully saturated rings. The lowest BCUT2D eigenvalue weighted by molar-refractivity contribution is -0.116. The van der Waals surface area contributed by atoms with Crippen molar-refractivity contribution in [3.63, 3.8) is 0 Å². The molecule has 118 valence electrons. The fourth-order valence-corrected chi connectivity index (χ4v) is 2.61. The van der Waals surface area contributed by atoms with E-state index in [9.17, 15) is 9.59 Å². The van der Waals surface area contributed by atoms with Crippen molar-refractivity contribution < 1.29 is 9.32 Å². The topological polar surface area (TPSA) is 90.0 Å². The van der Waals surface area contributed by atoms with E-state index in [1.807, 2.05) is 0 Å². The summed E-state index contributed by atoms with van der Waals surface area (Å²) >= 11 is 11.9. The molecule has 0 unspecified atom stereocenters. The van der Waals surface area contributed by atoms with Crippen molar-refractivity contribution in [2.45, 2.75) is 13.5 Å². The van der Waals surface area contributed by atoms with E-state index >= 15 is 0 Å². The van der Waals surface area contributed by atoms with Crippen LogP contribution in [-0.4, -0.2) is 20.6 Å². The highest BCUT2D eigenvalue weighted by Gasteiger charge is 2.12. The molecule has 0 bridgehead atoms. The van der Waals surface area contributed by atoms with E-state index in [0.29, 0.717) is 16.3 Å². The number of halogens is 2. The van der Waals surface area contributed by atoms with Crippen LogP contribution in [0.3, 0.4) is 0 Å². The van der Waals surface area contributed by atoms with Crippen LogP contribution in [0.4, 0.5) is 5.82 Å². The van der Waals surface area contributed by atoms with Crippen LogP contribution >= 0.6 is 23.2 Å². The molecule has 7 nitrogen and oxygen atoms in total. The maximum atomic E-state index is 12.4. The van der Waals surface area contributed by atoms with Gasteiger partial charge in [-0.05, 0) is 19.1 Å². The van der Waals surface area contributed by atoms with Crippen LogP contribution in [-0.2, 0) is 11.3 Å². The summed E-state index contributed by atoms with van der Waals surface area (Å²) < 4.78 is 6.01. The van der Waals surface area contributed by atoms with Gasteiger partial charge < -0.3 is 9.84 Å². The van der Waals surface area contributed by atoms with Gasteiger partial charge in [0.05, 0.1) is 22.3 Å². The number of aryl methyl sites for hydroxylation is 1. The van der Waals surface area contributed by atoms with Gasteiger partial charge in [0.1, 0.15) is 12.3 Å². The SMILES string of the molecule is Cc1cc(NC(=O)Cn2cnc3c(Cl)cc(Cl)cc3c2=O)no1. The Morgan fingerprint density at radius 3 is 2.83 bits per heavy atom. The Morgan fingerprint density at radius 2 is 2.13 bits per heavy atom. The molecule has 0 saturated carbocycles. The van der Waals surface area contributed by atoms with E-state index in [-0.39, 0.29) is 22.8 Å². The van der Waals surface area contributed by atoms with E-state index in [4.69, 9.17) is 27.7 Å². The molecule has 0 spiro atoms. The molecule has 0 radical (unpaired) electrons. The van der Waals surface area contributed by atoms with E-state index in [1.165, 1.54) is 18.5 Å². The van der Waals surface area contributed by atoms with Crippen LogP contribution in [0.5, 0.6) is 0 Å². The number of nitrogens with one attached hydrogen (secondary N) is 1. The number of hydrogen-bond donors (Lipinski definition) is 1. The first-order valence-corrected chi connectivity index (χ1v) is 7.27. The molecule has 0 saturated heterocycles. The molecule has 9 heteroatoms. The second-order valence-electron chi connectivity index (χ2n) is 4.83. The van der Waals surface area contributed by atoms with Gasteiger partial charge in [0.15, 0.2) is 5.82 Å². The molecule has 1 amide bonds. The summed E-state index contributed by atoms with van der Waals surface area (Å²) in [7, 11) is 0. The molecular formula is C14H10Cl2N4O3. The maximum Gasteiger partial charge on any atom is 0.261 e. The van der Waals surface area contributed by atoms with Gasteiger partial charge in [0, 0.05) is 11.1 Å². The molecule has 2 aromatic heterocycles.